The highest BCUT2D eigenvalue weighted by Gasteiger charge is 2.19. The Kier molecular flexibility index (Phi) is 4.08. The zero-order valence-corrected chi connectivity index (χ0v) is 14.7. The smallest absolute Gasteiger partial charge is 0.188 e. The molecule has 1 aliphatic rings. The van der Waals surface area contributed by atoms with Crippen molar-refractivity contribution in [1.29, 1.82) is 0 Å². The summed E-state index contributed by atoms with van der Waals surface area (Å²) in [6.45, 7) is 4.08. The second-order valence-corrected chi connectivity index (χ2v) is 7.30. The number of hydrogen-bond acceptors (Lipinski definition) is 6. The number of benzene rings is 1. The molecule has 0 radical (unpaired) electrons. The van der Waals surface area contributed by atoms with E-state index < -0.39 is 0 Å². The first kappa shape index (κ1) is 15.4. The number of rotatable bonds is 4. The first-order valence-electron chi connectivity index (χ1n) is 7.77. The van der Waals surface area contributed by atoms with Gasteiger partial charge in [-0.2, -0.15) is 0 Å². The number of hydrogen-bond donors (Lipinski definition) is 1. The molecule has 124 valence electrons. The molecule has 5 nitrogen and oxygen atoms in total. The van der Waals surface area contributed by atoms with Crippen LogP contribution in [0.5, 0.6) is 0 Å². The van der Waals surface area contributed by atoms with Gasteiger partial charge in [-0.1, -0.05) is 23.7 Å². The van der Waals surface area contributed by atoms with E-state index in [1.165, 1.54) is 6.42 Å². The predicted molar refractivity (Wildman–Crippen MR) is 102 cm³/mol. The molecule has 4 rings (SSSR count). The Morgan fingerprint density at radius 2 is 2.08 bits per heavy atom. The minimum atomic E-state index is 0. The van der Waals surface area contributed by atoms with E-state index in [0.29, 0.717) is 10.8 Å². The summed E-state index contributed by atoms with van der Waals surface area (Å²) in [5.74, 6) is 2.28. The van der Waals surface area contributed by atoms with Crippen molar-refractivity contribution in [2.24, 2.45) is 0 Å². The average Bonchev–Trinajstić information content (AvgIpc) is 2.91. The van der Waals surface area contributed by atoms with Crippen LogP contribution in [0.25, 0.3) is 11.4 Å². The lowest BCUT2D eigenvalue weighted by atomic mass is 10.2. The molecule has 1 fully saturated rings. The summed E-state index contributed by atoms with van der Waals surface area (Å²) in [7, 11) is 0. The van der Waals surface area contributed by atoms with Crippen molar-refractivity contribution in [2.75, 3.05) is 23.3 Å². The maximum Gasteiger partial charge on any atom is 0.188 e. The first-order valence-corrected chi connectivity index (χ1v) is 8.97. The molecule has 0 unspecified atom stereocenters. The lowest BCUT2D eigenvalue weighted by Crippen LogP contribution is -2.37. The van der Waals surface area contributed by atoms with Gasteiger partial charge in [-0.05, 0) is 25.5 Å². The quantitative estimate of drug-likeness (QED) is 0.727. The molecule has 3 aromatic rings. The molecule has 1 N–H and O–H groups in total. The van der Waals surface area contributed by atoms with E-state index >= 15 is 0 Å². The Balaban J connectivity index is 0.00000182. The number of aromatic nitrogens is 3. The van der Waals surface area contributed by atoms with Crippen LogP contribution >= 0.6 is 22.9 Å². The summed E-state index contributed by atoms with van der Waals surface area (Å²) in [6, 6.07) is 9.61. The van der Waals surface area contributed by atoms with Crippen molar-refractivity contribution < 1.29 is 1.43 Å². The van der Waals surface area contributed by atoms with Crippen molar-refractivity contribution in [3.63, 3.8) is 0 Å². The Hall–Kier alpha value is -2.18. The van der Waals surface area contributed by atoms with Crippen molar-refractivity contribution >= 4 is 39.7 Å². The number of nitrogens with zero attached hydrogens (tertiary/aromatic N) is 4. The van der Waals surface area contributed by atoms with Crippen LogP contribution in [0.2, 0.25) is 5.02 Å². The van der Waals surface area contributed by atoms with Crippen molar-refractivity contribution in [3.05, 3.63) is 46.4 Å². The van der Waals surface area contributed by atoms with Gasteiger partial charge in [0.05, 0.1) is 5.02 Å². The van der Waals surface area contributed by atoms with Crippen LogP contribution in [0, 0.1) is 6.92 Å². The molecule has 0 spiro atoms. The van der Waals surface area contributed by atoms with Gasteiger partial charge in [0.25, 0.3) is 0 Å². The third kappa shape index (κ3) is 3.07. The molecule has 0 atom stereocenters. The average molecular weight is 360 g/mol. The minimum Gasteiger partial charge on any atom is -0.356 e. The largest absolute Gasteiger partial charge is 0.356 e. The van der Waals surface area contributed by atoms with E-state index in [0.717, 1.165) is 40.3 Å². The highest BCUT2D eigenvalue weighted by Crippen LogP contribution is 2.30. The molecule has 2 aromatic heterocycles. The number of nitrogens with one attached hydrogen (secondary N) is 1. The molecule has 0 aliphatic carbocycles. The van der Waals surface area contributed by atoms with Gasteiger partial charge in [0.1, 0.15) is 11.6 Å². The van der Waals surface area contributed by atoms with Crippen LogP contribution < -0.4 is 10.2 Å². The van der Waals surface area contributed by atoms with E-state index in [1.807, 2.05) is 43.5 Å². The number of aryl methyl sites for hydroxylation is 1. The SMILES string of the molecule is Cc1cnc(Nc2cc(N3CCC3)nc(-c3ccccc3Cl)n2)s1.[HH]. The van der Waals surface area contributed by atoms with Crippen LogP contribution in [0.15, 0.2) is 36.5 Å². The van der Waals surface area contributed by atoms with Crippen LogP contribution in [0.3, 0.4) is 0 Å². The van der Waals surface area contributed by atoms with Gasteiger partial charge in [0.15, 0.2) is 11.0 Å². The first-order chi connectivity index (χ1) is 11.7. The Labute approximate surface area is 150 Å². The van der Waals surface area contributed by atoms with E-state index in [2.05, 4.69) is 20.2 Å². The van der Waals surface area contributed by atoms with E-state index in [4.69, 9.17) is 16.6 Å². The Morgan fingerprint density at radius 3 is 2.75 bits per heavy atom. The van der Waals surface area contributed by atoms with Gasteiger partial charge < -0.3 is 10.2 Å². The molecule has 1 saturated heterocycles. The molecule has 3 heterocycles. The fraction of sp³-hybridized carbons (Fsp3) is 0.235. The molecule has 7 heteroatoms. The second-order valence-electron chi connectivity index (χ2n) is 5.66. The standard InChI is InChI=1S/C17H16ClN5S.H2/c1-11-10-19-17(24-11)21-14-9-15(23-7-4-8-23)22-16(20-14)12-5-2-3-6-13(12)18;/h2-3,5-6,9-10H,4,7-8H2,1H3,(H,19,20,21,22);1H. The molecule has 0 saturated carbocycles. The zero-order valence-electron chi connectivity index (χ0n) is 13.2. The van der Waals surface area contributed by atoms with Crippen molar-refractivity contribution in [3.8, 4) is 11.4 Å². The lowest BCUT2D eigenvalue weighted by Gasteiger charge is -2.32. The van der Waals surface area contributed by atoms with Crippen LogP contribution in [-0.2, 0) is 0 Å². The van der Waals surface area contributed by atoms with Crippen molar-refractivity contribution in [1.82, 2.24) is 15.0 Å². The van der Waals surface area contributed by atoms with Gasteiger partial charge >= 0.3 is 0 Å². The van der Waals surface area contributed by atoms with Crippen molar-refractivity contribution in [2.45, 2.75) is 13.3 Å². The van der Waals surface area contributed by atoms with Gasteiger partial charge in [0, 0.05) is 37.2 Å². The van der Waals surface area contributed by atoms with Crippen LogP contribution in [-0.4, -0.2) is 28.0 Å². The minimum absolute atomic E-state index is 0. The van der Waals surface area contributed by atoms with Gasteiger partial charge in [-0.3, -0.25) is 0 Å². The van der Waals surface area contributed by atoms with E-state index in [-0.39, 0.29) is 1.43 Å². The maximum absolute atomic E-state index is 6.33. The monoisotopic (exact) mass is 359 g/mol. The number of thiazole rings is 1. The van der Waals surface area contributed by atoms with E-state index in [1.54, 1.807) is 11.3 Å². The molecule has 24 heavy (non-hydrogen) atoms. The third-order valence-corrected chi connectivity index (χ3v) is 5.02. The topological polar surface area (TPSA) is 53.9 Å². The molecule has 0 amide bonds. The second kappa shape index (κ2) is 6.37. The van der Waals surface area contributed by atoms with Crippen LogP contribution in [0.4, 0.5) is 16.8 Å². The summed E-state index contributed by atoms with van der Waals surface area (Å²) in [5.41, 5.74) is 0.833. The van der Waals surface area contributed by atoms with Gasteiger partial charge in [0.2, 0.25) is 0 Å². The molecule has 0 bridgehead atoms. The highest BCUT2D eigenvalue weighted by atomic mass is 35.5. The molecule has 1 aliphatic heterocycles. The Bertz CT molecular complexity index is 881. The molecular formula is C17H18ClN5S. The lowest BCUT2D eigenvalue weighted by molar-refractivity contribution is 0.609. The fourth-order valence-corrected chi connectivity index (χ4v) is 3.38. The van der Waals surface area contributed by atoms with Crippen LogP contribution in [0.1, 0.15) is 12.7 Å². The predicted octanol–water partition coefficient (Wildman–Crippen LogP) is 4.76. The summed E-state index contributed by atoms with van der Waals surface area (Å²) < 4.78 is 0. The Morgan fingerprint density at radius 1 is 1.25 bits per heavy atom. The van der Waals surface area contributed by atoms with E-state index in [9.17, 15) is 0 Å². The maximum atomic E-state index is 6.33. The molecule has 1 aromatic carbocycles. The molecular weight excluding hydrogens is 342 g/mol. The number of halogens is 1. The highest BCUT2D eigenvalue weighted by molar-refractivity contribution is 7.15. The van der Waals surface area contributed by atoms with Gasteiger partial charge in [-0.25, -0.2) is 15.0 Å². The summed E-state index contributed by atoms with van der Waals surface area (Å²) >= 11 is 7.93. The fourth-order valence-electron chi connectivity index (χ4n) is 2.49. The summed E-state index contributed by atoms with van der Waals surface area (Å²) in [6.07, 6.45) is 3.04. The number of anilines is 3. The van der Waals surface area contributed by atoms with Gasteiger partial charge in [-0.15, -0.1) is 11.3 Å². The summed E-state index contributed by atoms with van der Waals surface area (Å²) in [4.78, 5) is 17.1. The normalized spacial score (nSPS) is 13.7. The summed E-state index contributed by atoms with van der Waals surface area (Å²) in [5, 5.41) is 4.76. The zero-order chi connectivity index (χ0) is 16.5. The third-order valence-electron chi connectivity index (χ3n) is 3.86.